The summed E-state index contributed by atoms with van der Waals surface area (Å²) in [6.45, 7) is 9.10. The van der Waals surface area contributed by atoms with Crippen LogP contribution in [0.1, 0.15) is 42.5 Å². The van der Waals surface area contributed by atoms with Crippen LogP contribution in [0.25, 0.3) is 16.5 Å². The standard InChI is InChI=1S/C27H33N3O/c1-4-30(5-2)27(31)23(17-28-16-20-11-9-19(3)10-12-20)15-21-13-14-22-18-29-25-8-6-7-24(21)26(22)25/h6-12,15,18,23,28-29H,4-5,13-14,16-17H2,1-3H3/b21-15+. The molecule has 2 aromatic carbocycles. The number of aromatic nitrogens is 1. The fourth-order valence-electron chi connectivity index (χ4n) is 4.61. The molecule has 4 nitrogen and oxygen atoms in total. The van der Waals surface area contributed by atoms with E-state index in [-0.39, 0.29) is 11.8 Å². The lowest BCUT2D eigenvalue weighted by molar-refractivity contribution is -0.133. The number of carbonyl (C=O) groups is 1. The maximum Gasteiger partial charge on any atom is 0.230 e. The van der Waals surface area contributed by atoms with Gasteiger partial charge in [-0.25, -0.2) is 0 Å². The third-order valence-electron chi connectivity index (χ3n) is 6.41. The van der Waals surface area contributed by atoms with Crippen LogP contribution in [0.15, 0.2) is 54.7 Å². The lowest BCUT2D eigenvalue weighted by atomic mass is 9.86. The van der Waals surface area contributed by atoms with Crippen molar-refractivity contribution < 1.29 is 4.79 Å². The lowest BCUT2D eigenvalue weighted by Crippen LogP contribution is -2.39. The molecule has 1 unspecified atom stereocenters. The minimum absolute atomic E-state index is 0.170. The lowest BCUT2D eigenvalue weighted by Gasteiger charge is -2.25. The second kappa shape index (κ2) is 9.52. The van der Waals surface area contributed by atoms with Gasteiger partial charge in [-0.3, -0.25) is 4.79 Å². The van der Waals surface area contributed by atoms with Crippen molar-refractivity contribution in [3.63, 3.8) is 0 Å². The molecule has 0 saturated carbocycles. The van der Waals surface area contributed by atoms with Crippen LogP contribution in [-0.2, 0) is 17.8 Å². The highest BCUT2D eigenvalue weighted by Crippen LogP contribution is 2.36. The van der Waals surface area contributed by atoms with E-state index in [4.69, 9.17) is 0 Å². The van der Waals surface area contributed by atoms with E-state index in [1.165, 1.54) is 38.7 Å². The first kappa shape index (κ1) is 21.4. The molecule has 31 heavy (non-hydrogen) atoms. The van der Waals surface area contributed by atoms with Gasteiger partial charge in [0.05, 0.1) is 5.92 Å². The number of nitrogens with one attached hydrogen (secondary N) is 2. The van der Waals surface area contributed by atoms with E-state index in [1.807, 2.05) is 4.90 Å². The molecule has 1 aliphatic carbocycles. The molecule has 0 spiro atoms. The molecule has 1 aromatic heterocycles. The molecule has 4 rings (SSSR count). The summed E-state index contributed by atoms with van der Waals surface area (Å²) in [6, 6.07) is 15.0. The normalized spacial score (nSPS) is 15.4. The number of amides is 1. The minimum Gasteiger partial charge on any atom is -0.361 e. The summed E-state index contributed by atoms with van der Waals surface area (Å²) in [4.78, 5) is 18.7. The summed E-state index contributed by atoms with van der Waals surface area (Å²) in [5.41, 5.74) is 7.63. The Bertz CT molecular complexity index is 1070. The molecule has 1 aliphatic rings. The van der Waals surface area contributed by atoms with Crippen LogP contribution in [0, 0.1) is 12.8 Å². The molecule has 0 aliphatic heterocycles. The topological polar surface area (TPSA) is 48.1 Å². The molecular weight excluding hydrogens is 382 g/mol. The number of rotatable bonds is 8. The molecule has 4 heteroatoms. The van der Waals surface area contributed by atoms with Crippen molar-refractivity contribution in [2.24, 2.45) is 5.92 Å². The molecule has 162 valence electrons. The van der Waals surface area contributed by atoms with Crippen LogP contribution < -0.4 is 5.32 Å². The molecule has 1 heterocycles. The van der Waals surface area contributed by atoms with Crippen molar-refractivity contribution in [2.45, 2.75) is 40.2 Å². The Morgan fingerprint density at radius 1 is 1.13 bits per heavy atom. The van der Waals surface area contributed by atoms with Crippen LogP contribution in [0.3, 0.4) is 0 Å². The largest absolute Gasteiger partial charge is 0.361 e. The highest BCUT2D eigenvalue weighted by molar-refractivity contribution is 5.97. The van der Waals surface area contributed by atoms with Crippen LogP contribution in [-0.4, -0.2) is 35.4 Å². The van der Waals surface area contributed by atoms with E-state index in [1.54, 1.807) is 0 Å². The predicted molar refractivity (Wildman–Crippen MR) is 129 cm³/mol. The van der Waals surface area contributed by atoms with Crippen LogP contribution >= 0.6 is 0 Å². The summed E-state index contributed by atoms with van der Waals surface area (Å²) >= 11 is 0. The summed E-state index contributed by atoms with van der Waals surface area (Å²) in [5.74, 6) is 0.0389. The van der Waals surface area contributed by atoms with E-state index in [2.05, 4.69) is 85.8 Å². The summed E-state index contributed by atoms with van der Waals surface area (Å²) in [5, 5.41) is 4.86. The van der Waals surface area contributed by atoms with Crippen LogP contribution in [0.2, 0.25) is 0 Å². The Hall–Kier alpha value is -2.85. The number of nitrogens with zero attached hydrogens (tertiary/aromatic N) is 1. The van der Waals surface area contributed by atoms with Gasteiger partial charge in [-0.2, -0.15) is 0 Å². The molecule has 2 N–H and O–H groups in total. The summed E-state index contributed by atoms with van der Waals surface area (Å²) < 4.78 is 0. The van der Waals surface area contributed by atoms with Gasteiger partial charge in [0, 0.05) is 43.3 Å². The number of carbonyl (C=O) groups excluding carboxylic acids is 1. The SMILES string of the molecule is CCN(CC)C(=O)C(/C=C1\CCc2c[nH]c3cccc1c23)CNCc1ccc(C)cc1. The number of aromatic amines is 1. The number of hydrogen-bond donors (Lipinski definition) is 2. The average Bonchev–Trinajstić information content (AvgIpc) is 3.21. The van der Waals surface area contributed by atoms with Gasteiger partial charge < -0.3 is 15.2 Å². The van der Waals surface area contributed by atoms with E-state index in [0.717, 1.165) is 32.5 Å². The molecule has 1 amide bonds. The van der Waals surface area contributed by atoms with E-state index < -0.39 is 0 Å². The quantitative estimate of drug-likeness (QED) is 0.539. The number of benzene rings is 2. The van der Waals surface area contributed by atoms with Crippen molar-refractivity contribution in [3.05, 3.63) is 77.0 Å². The van der Waals surface area contributed by atoms with Crippen LogP contribution in [0.4, 0.5) is 0 Å². The fourth-order valence-corrected chi connectivity index (χ4v) is 4.61. The van der Waals surface area contributed by atoms with Gasteiger partial charge in [-0.05, 0) is 61.9 Å². The molecule has 0 bridgehead atoms. The molecule has 0 radical (unpaired) electrons. The van der Waals surface area contributed by atoms with Gasteiger partial charge in [0.2, 0.25) is 5.91 Å². The van der Waals surface area contributed by atoms with Crippen molar-refractivity contribution in [1.82, 2.24) is 15.2 Å². The van der Waals surface area contributed by atoms with Gasteiger partial charge in [-0.15, -0.1) is 0 Å². The maximum atomic E-state index is 13.3. The van der Waals surface area contributed by atoms with Crippen molar-refractivity contribution in [1.29, 1.82) is 0 Å². The van der Waals surface area contributed by atoms with E-state index in [0.29, 0.717) is 6.54 Å². The van der Waals surface area contributed by atoms with Crippen molar-refractivity contribution in [3.8, 4) is 0 Å². The Morgan fingerprint density at radius 3 is 2.65 bits per heavy atom. The third kappa shape index (κ3) is 4.59. The van der Waals surface area contributed by atoms with E-state index >= 15 is 0 Å². The zero-order valence-corrected chi connectivity index (χ0v) is 18.9. The highest BCUT2D eigenvalue weighted by atomic mass is 16.2. The van der Waals surface area contributed by atoms with Gasteiger partial charge in [0.15, 0.2) is 0 Å². The molecule has 0 fully saturated rings. The monoisotopic (exact) mass is 415 g/mol. The summed E-state index contributed by atoms with van der Waals surface area (Å²) in [6.07, 6.45) is 6.36. The maximum absolute atomic E-state index is 13.3. The molecule has 0 saturated heterocycles. The van der Waals surface area contributed by atoms with Gasteiger partial charge in [0.1, 0.15) is 0 Å². The first-order valence-electron chi connectivity index (χ1n) is 11.5. The van der Waals surface area contributed by atoms with Crippen molar-refractivity contribution >= 4 is 22.4 Å². The number of aryl methyl sites for hydroxylation is 2. The Kier molecular flexibility index (Phi) is 6.57. The minimum atomic E-state index is -0.170. The first-order chi connectivity index (χ1) is 15.1. The Balaban J connectivity index is 1.58. The third-order valence-corrected chi connectivity index (χ3v) is 6.41. The fraction of sp³-hybridized carbons (Fsp3) is 0.370. The zero-order valence-electron chi connectivity index (χ0n) is 18.9. The smallest absolute Gasteiger partial charge is 0.230 e. The number of allylic oxidation sites excluding steroid dienone is 1. The van der Waals surface area contributed by atoms with Crippen molar-refractivity contribution in [2.75, 3.05) is 19.6 Å². The predicted octanol–water partition coefficient (Wildman–Crippen LogP) is 5.08. The van der Waals surface area contributed by atoms with Crippen LogP contribution in [0.5, 0.6) is 0 Å². The number of H-pyrrole nitrogens is 1. The molecule has 1 atom stereocenters. The highest BCUT2D eigenvalue weighted by Gasteiger charge is 2.24. The van der Waals surface area contributed by atoms with E-state index in [9.17, 15) is 4.79 Å². The Labute approximate surface area is 185 Å². The van der Waals surface area contributed by atoms with Gasteiger partial charge in [0.25, 0.3) is 0 Å². The first-order valence-corrected chi connectivity index (χ1v) is 11.5. The second-order valence-corrected chi connectivity index (χ2v) is 8.47. The zero-order chi connectivity index (χ0) is 21.8. The van der Waals surface area contributed by atoms with Gasteiger partial charge >= 0.3 is 0 Å². The number of hydrogen-bond acceptors (Lipinski definition) is 2. The average molecular weight is 416 g/mol. The molecular formula is C27H33N3O. The van der Waals surface area contributed by atoms with Gasteiger partial charge in [-0.1, -0.05) is 48.0 Å². The second-order valence-electron chi connectivity index (χ2n) is 8.47. The molecule has 3 aromatic rings. The summed E-state index contributed by atoms with van der Waals surface area (Å²) in [7, 11) is 0. The Morgan fingerprint density at radius 2 is 1.90 bits per heavy atom.